The van der Waals surface area contributed by atoms with Crippen LogP contribution in [0.5, 0.6) is 0 Å². The third kappa shape index (κ3) is 2.72. The molecule has 0 aromatic heterocycles. The van der Waals surface area contributed by atoms with Crippen molar-refractivity contribution in [3.05, 3.63) is 33.8 Å². The zero-order chi connectivity index (χ0) is 10.6. The molecule has 0 fully saturated rings. The maximum absolute atomic E-state index is 10.6. The van der Waals surface area contributed by atoms with E-state index in [1.807, 2.05) is 0 Å². The Morgan fingerprint density at radius 3 is 2.36 bits per heavy atom. The van der Waals surface area contributed by atoms with Crippen molar-refractivity contribution in [2.45, 2.75) is 0 Å². The maximum Gasteiger partial charge on any atom is 0.172 e. The minimum Gasteiger partial charge on any atom is -0.399 e. The van der Waals surface area contributed by atoms with Crippen molar-refractivity contribution >= 4 is 35.2 Å². The molecule has 0 atom stereocenters. The number of nitrogens with zero attached hydrogens (tertiary/aromatic N) is 1. The highest BCUT2D eigenvalue weighted by molar-refractivity contribution is 6.39. The van der Waals surface area contributed by atoms with Crippen LogP contribution in [0.15, 0.2) is 23.4 Å². The first-order chi connectivity index (χ1) is 6.67. The Labute approximate surface area is 91.3 Å². The average Bonchev–Trinajstić information content (AvgIpc) is 2.12. The van der Waals surface area contributed by atoms with Crippen molar-refractivity contribution in [2.75, 3.05) is 7.11 Å². The summed E-state index contributed by atoms with van der Waals surface area (Å²) in [6, 6.07) is 4.74. The van der Waals surface area contributed by atoms with E-state index >= 15 is 0 Å². The lowest BCUT2D eigenvalue weighted by Crippen LogP contribution is -2.02. The smallest absolute Gasteiger partial charge is 0.172 e. The molecular formula is C9H7Cl2NO2. The minimum atomic E-state index is 0.150. The fraction of sp³-hybridized carbons (Fsp3) is 0.111. The molecule has 0 spiro atoms. The van der Waals surface area contributed by atoms with Crippen LogP contribution in [0.4, 0.5) is 0 Å². The minimum absolute atomic E-state index is 0.150. The van der Waals surface area contributed by atoms with Gasteiger partial charge in [0.1, 0.15) is 12.8 Å². The number of carbonyl (C=O) groups excluding carboxylic acids is 1. The van der Waals surface area contributed by atoms with Crippen LogP contribution in [0.25, 0.3) is 0 Å². The molecule has 14 heavy (non-hydrogen) atoms. The van der Waals surface area contributed by atoms with Crippen LogP contribution in [-0.2, 0) is 9.63 Å². The third-order valence-corrected chi connectivity index (χ3v) is 1.90. The van der Waals surface area contributed by atoms with Gasteiger partial charge >= 0.3 is 0 Å². The number of benzene rings is 1. The van der Waals surface area contributed by atoms with Crippen LogP contribution in [0.2, 0.25) is 10.0 Å². The van der Waals surface area contributed by atoms with Crippen LogP contribution in [-0.4, -0.2) is 19.1 Å². The second kappa shape index (κ2) is 4.98. The van der Waals surface area contributed by atoms with E-state index in [4.69, 9.17) is 23.2 Å². The number of halogens is 2. The zero-order valence-corrected chi connectivity index (χ0v) is 8.84. The molecule has 3 nitrogen and oxygen atoms in total. The number of rotatable bonds is 3. The molecule has 0 saturated heterocycles. The van der Waals surface area contributed by atoms with Gasteiger partial charge in [0, 0.05) is 15.6 Å². The Morgan fingerprint density at radius 1 is 1.36 bits per heavy atom. The molecule has 0 unspecified atom stereocenters. The lowest BCUT2D eigenvalue weighted by molar-refractivity contribution is -0.102. The Kier molecular flexibility index (Phi) is 3.92. The molecule has 0 aliphatic rings. The van der Waals surface area contributed by atoms with Crippen molar-refractivity contribution in [3.8, 4) is 0 Å². The topological polar surface area (TPSA) is 38.7 Å². The van der Waals surface area contributed by atoms with Gasteiger partial charge in [0.15, 0.2) is 6.29 Å². The maximum atomic E-state index is 10.6. The molecule has 0 saturated carbocycles. The summed E-state index contributed by atoms with van der Waals surface area (Å²) in [4.78, 5) is 15.1. The van der Waals surface area contributed by atoms with E-state index in [0.717, 1.165) is 0 Å². The molecule has 74 valence electrons. The first kappa shape index (κ1) is 11.0. The Morgan fingerprint density at radius 2 is 1.93 bits per heavy atom. The second-order valence-corrected chi connectivity index (χ2v) is 3.31. The normalized spacial score (nSPS) is 11.2. The molecular weight excluding hydrogens is 225 g/mol. The SMILES string of the molecule is CON=C(C=O)c1cc(Cl)cc(Cl)c1. The third-order valence-electron chi connectivity index (χ3n) is 1.46. The van der Waals surface area contributed by atoms with Crippen LogP contribution in [0.3, 0.4) is 0 Å². The quantitative estimate of drug-likeness (QED) is 0.456. The molecule has 1 aromatic rings. The number of hydrogen-bond donors (Lipinski definition) is 0. The van der Waals surface area contributed by atoms with Gasteiger partial charge in [0.05, 0.1) is 0 Å². The fourth-order valence-electron chi connectivity index (χ4n) is 0.942. The molecule has 0 heterocycles. The van der Waals surface area contributed by atoms with Gasteiger partial charge in [0.25, 0.3) is 0 Å². The predicted molar refractivity (Wildman–Crippen MR) is 56.1 cm³/mol. The van der Waals surface area contributed by atoms with Gasteiger partial charge in [-0.15, -0.1) is 0 Å². The monoisotopic (exact) mass is 231 g/mol. The fourth-order valence-corrected chi connectivity index (χ4v) is 1.47. The van der Waals surface area contributed by atoms with Crippen molar-refractivity contribution in [2.24, 2.45) is 5.16 Å². The number of hydrogen-bond acceptors (Lipinski definition) is 3. The summed E-state index contributed by atoms with van der Waals surface area (Å²) >= 11 is 11.5. The highest BCUT2D eigenvalue weighted by Gasteiger charge is 2.05. The average molecular weight is 232 g/mol. The first-order valence-electron chi connectivity index (χ1n) is 3.70. The number of oxime groups is 1. The lowest BCUT2D eigenvalue weighted by Gasteiger charge is -2.00. The summed E-state index contributed by atoms with van der Waals surface area (Å²) in [6.07, 6.45) is 0.575. The Bertz CT molecular complexity index is 357. The summed E-state index contributed by atoms with van der Waals surface area (Å²) in [5.41, 5.74) is 0.677. The molecule has 0 radical (unpaired) electrons. The second-order valence-electron chi connectivity index (χ2n) is 2.44. The molecule has 1 rings (SSSR count). The Balaban J connectivity index is 3.16. The van der Waals surface area contributed by atoms with Gasteiger partial charge in [-0.25, -0.2) is 0 Å². The van der Waals surface area contributed by atoms with E-state index in [1.54, 1.807) is 18.2 Å². The van der Waals surface area contributed by atoms with Crippen LogP contribution in [0.1, 0.15) is 5.56 Å². The molecule has 5 heteroatoms. The van der Waals surface area contributed by atoms with Gasteiger partial charge in [-0.3, -0.25) is 4.79 Å². The molecule has 0 bridgehead atoms. The van der Waals surface area contributed by atoms with Gasteiger partial charge < -0.3 is 4.84 Å². The number of aldehydes is 1. The van der Waals surface area contributed by atoms with E-state index in [9.17, 15) is 4.79 Å². The molecule has 0 aliphatic heterocycles. The molecule has 0 amide bonds. The zero-order valence-electron chi connectivity index (χ0n) is 7.33. The molecule has 0 N–H and O–H groups in total. The number of carbonyl (C=O) groups is 1. The van der Waals surface area contributed by atoms with E-state index in [2.05, 4.69) is 9.99 Å². The molecule has 0 aliphatic carbocycles. The molecule has 1 aromatic carbocycles. The van der Waals surface area contributed by atoms with Gasteiger partial charge in [0.2, 0.25) is 0 Å². The van der Waals surface area contributed by atoms with Crippen molar-refractivity contribution in [1.82, 2.24) is 0 Å². The van der Waals surface area contributed by atoms with E-state index < -0.39 is 0 Å². The van der Waals surface area contributed by atoms with Crippen LogP contribution < -0.4 is 0 Å². The van der Waals surface area contributed by atoms with Crippen molar-refractivity contribution < 1.29 is 9.63 Å². The summed E-state index contributed by atoms with van der Waals surface area (Å²) in [5.74, 6) is 0. The van der Waals surface area contributed by atoms with Gasteiger partial charge in [-0.1, -0.05) is 28.4 Å². The van der Waals surface area contributed by atoms with E-state index in [-0.39, 0.29) is 5.71 Å². The Hall–Kier alpha value is -1.06. The largest absolute Gasteiger partial charge is 0.399 e. The van der Waals surface area contributed by atoms with E-state index in [0.29, 0.717) is 21.9 Å². The van der Waals surface area contributed by atoms with Gasteiger partial charge in [-0.05, 0) is 18.2 Å². The summed E-state index contributed by atoms with van der Waals surface area (Å²) in [7, 11) is 1.36. The predicted octanol–water partition coefficient (Wildman–Crippen LogP) is 2.54. The van der Waals surface area contributed by atoms with Crippen LogP contribution in [0, 0.1) is 0 Å². The van der Waals surface area contributed by atoms with Crippen LogP contribution >= 0.6 is 23.2 Å². The summed E-state index contributed by atoms with van der Waals surface area (Å²) in [6.45, 7) is 0. The van der Waals surface area contributed by atoms with Crippen molar-refractivity contribution in [1.29, 1.82) is 0 Å². The highest BCUT2D eigenvalue weighted by atomic mass is 35.5. The first-order valence-corrected chi connectivity index (χ1v) is 4.45. The summed E-state index contributed by atoms with van der Waals surface area (Å²) in [5, 5.41) is 4.41. The highest BCUT2D eigenvalue weighted by Crippen LogP contribution is 2.19. The summed E-state index contributed by atoms with van der Waals surface area (Å²) < 4.78 is 0. The van der Waals surface area contributed by atoms with E-state index in [1.165, 1.54) is 7.11 Å². The van der Waals surface area contributed by atoms with Crippen molar-refractivity contribution in [3.63, 3.8) is 0 Å². The lowest BCUT2D eigenvalue weighted by atomic mass is 10.1. The standard InChI is InChI=1S/C9H7Cl2NO2/c1-14-12-9(5-13)6-2-7(10)4-8(11)3-6/h2-5H,1H3. The van der Waals surface area contributed by atoms with Gasteiger partial charge in [-0.2, -0.15) is 0 Å².